The van der Waals surface area contributed by atoms with Gasteiger partial charge in [0, 0.05) is 19.5 Å². The molecule has 144 valence electrons. The molecule has 4 rings (SSSR count). The fourth-order valence-electron chi connectivity index (χ4n) is 4.13. The van der Waals surface area contributed by atoms with Gasteiger partial charge < -0.3 is 4.90 Å². The minimum Gasteiger partial charge on any atom is -0.336 e. The van der Waals surface area contributed by atoms with Crippen LogP contribution in [0, 0.1) is 6.92 Å². The van der Waals surface area contributed by atoms with Gasteiger partial charge >= 0.3 is 0 Å². The molecule has 0 N–H and O–H groups in total. The summed E-state index contributed by atoms with van der Waals surface area (Å²) in [6.07, 6.45) is 4.74. The van der Waals surface area contributed by atoms with Crippen LogP contribution in [0.3, 0.4) is 0 Å². The van der Waals surface area contributed by atoms with Gasteiger partial charge in [0.05, 0.1) is 23.3 Å². The van der Waals surface area contributed by atoms with E-state index in [4.69, 9.17) is 0 Å². The molecule has 1 aliphatic heterocycles. The van der Waals surface area contributed by atoms with Gasteiger partial charge in [-0.15, -0.1) is 0 Å². The van der Waals surface area contributed by atoms with Crippen LogP contribution >= 0.6 is 0 Å². The number of aromatic nitrogens is 2. The van der Waals surface area contributed by atoms with Crippen molar-refractivity contribution in [3.63, 3.8) is 0 Å². The predicted octanol–water partition coefficient (Wildman–Crippen LogP) is 3.85. The number of amides is 1. The molecule has 1 amide bonds. The van der Waals surface area contributed by atoms with Gasteiger partial charge in [-0.25, -0.2) is 4.98 Å². The van der Waals surface area contributed by atoms with E-state index >= 15 is 0 Å². The maximum Gasteiger partial charge on any atom is 0.261 e. The number of aryl methyl sites for hydroxylation is 2. The zero-order valence-corrected chi connectivity index (χ0v) is 16.2. The average Bonchev–Trinajstić information content (AvgIpc) is 3.21. The second-order valence-electron chi connectivity index (χ2n) is 7.47. The number of carbonyl (C=O) groups is 1. The Labute approximate surface area is 164 Å². The number of para-hydroxylation sites is 1. The summed E-state index contributed by atoms with van der Waals surface area (Å²) in [5, 5.41) is 0.637. The molecule has 0 unspecified atom stereocenters. The van der Waals surface area contributed by atoms with Gasteiger partial charge in [-0.1, -0.05) is 42.5 Å². The summed E-state index contributed by atoms with van der Waals surface area (Å²) in [6, 6.07) is 16.1. The maximum atomic E-state index is 12.8. The minimum atomic E-state index is -0.0375. The quantitative estimate of drug-likeness (QED) is 0.681. The second-order valence-corrected chi connectivity index (χ2v) is 7.47. The number of likely N-dealkylation sites (tertiary alicyclic amines) is 1. The highest BCUT2D eigenvalue weighted by Gasteiger charge is 2.29. The van der Waals surface area contributed by atoms with E-state index in [1.54, 1.807) is 10.9 Å². The number of benzene rings is 2. The highest BCUT2D eigenvalue weighted by molar-refractivity contribution is 5.80. The second kappa shape index (κ2) is 7.97. The first-order valence-electron chi connectivity index (χ1n) is 9.94. The molecule has 0 saturated carbocycles. The largest absolute Gasteiger partial charge is 0.336 e. The number of rotatable bonds is 5. The molecule has 1 aliphatic rings. The molecule has 1 fully saturated rings. The molecule has 5 nitrogen and oxygen atoms in total. The first kappa shape index (κ1) is 18.4. The molecule has 1 saturated heterocycles. The van der Waals surface area contributed by atoms with Crippen LogP contribution in [0.2, 0.25) is 0 Å². The molecule has 0 aliphatic carbocycles. The summed E-state index contributed by atoms with van der Waals surface area (Å²) in [5.74, 6) is 0.170. The lowest BCUT2D eigenvalue weighted by Crippen LogP contribution is -2.31. The first-order valence-corrected chi connectivity index (χ1v) is 9.94. The lowest BCUT2D eigenvalue weighted by atomic mass is 10.0. The third-order valence-corrected chi connectivity index (χ3v) is 5.60. The molecule has 2 heterocycles. The first-order chi connectivity index (χ1) is 13.6. The van der Waals surface area contributed by atoms with E-state index in [0.717, 1.165) is 30.5 Å². The van der Waals surface area contributed by atoms with E-state index in [-0.39, 0.29) is 17.5 Å². The highest BCUT2D eigenvalue weighted by atomic mass is 16.2. The van der Waals surface area contributed by atoms with Crippen molar-refractivity contribution in [3.8, 4) is 0 Å². The third kappa shape index (κ3) is 3.57. The monoisotopic (exact) mass is 375 g/mol. The molecule has 2 aromatic carbocycles. The van der Waals surface area contributed by atoms with Crippen molar-refractivity contribution in [3.05, 3.63) is 76.3 Å². The zero-order valence-electron chi connectivity index (χ0n) is 16.2. The Bertz CT molecular complexity index is 1040. The Hall–Kier alpha value is -2.95. The Kier molecular flexibility index (Phi) is 5.24. The number of nitrogens with zero attached hydrogens (tertiary/aromatic N) is 3. The predicted molar refractivity (Wildman–Crippen MR) is 110 cm³/mol. The minimum absolute atomic E-state index is 0.0375. The van der Waals surface area contributed by atoms with Gasteiger partial charge in [0.2, 0.25) is 5.91 Å². The van der Waals surface area contributed by atoms with Crippen molar-refractivity contribution in [2.45, 2.75) is 45.2 Å². The topological polar surface area (TPSA) is 55.2 Å². The van der Waals surface area contributed by atoms with Gasteiger partial charge in [0.25, 0.3) is 5.56 Å². The van der Waals surface area contributed by atoms with Crippen LogP contribution in [0.5, 0.6) is 0 Å². The van der Waals surface area contributed by atoms with Crippen molar-refractivity contribution in [1.29, 1.82) is 0 Å². The lowest BCUT2D eigenvalue weighted by molar-refractivity contribution is -0.132. The van der Waals surface area contributed by atoms with Crippen LogP contribution in [-0.4, -0.2) is 26.9 Å². The number of hydrogen-bond acceptors (Lipinski definition) is 3. The molecule has 28 heavy (non-hydrogen) atoms. The van der Waals surface area contributed by atoms with Gasteiger partial charge in [-0.2, -0.15) is 0 Å². The Balaban J connectivity index is 1.41. The van der Waals surface area contributed by atoms with Gasteiger partial charge in [0.1, 0.15) is 0 Å². The van der Waals surface area contributed by atoms with Crippen molar-refractivity contribution < 1.29 is 4.79 Å². The molecule has 5 heteroatoms. The summed E-state index contributed by atoms with van der Waals surface area (Å²) in [5.41, 5.74) is 2.92. The Morgan fingerprint density at radius 1 is 1.14 bits per heavy atom. The van der Waals surface area contributed by atoms with Crippen LogP contribution in [0.1, 0.15) is 42.9 Å². The average molecular weight is 375 g/mol. The number of hydrogen-bond donors (Lipinski definition) is 0. The lowest BCUT2D eigenvalue weighted by Gasteiger charge is -2.25. The molecule has 3 aromatic rings. The van der Waals surface area contributed by atoms with Crippen LogP contribution < -0.4 is 5.56 Å². The smallest absolute Gasteiger partial charge is 0.261 e. The normalized spacial score (nSPS) is 16.6. The summed E-state index contributed by atoms with van der Waals surface area (Å²) >= 11 is 0. The summed E-state index contributed by atoms with van der Waals surface area (Å²) in [6.45, 7) is 3.28. The summed E-state index contributed by atoms with van der Waals surface area (Å²) in [7, 11) is 0. The Morgan fingerprint density at radius 2 is 1.96 bits per heavy atom. The van der Waals surface area contributed by atoms with E-state index in [1.807, 2.05) is 48.2 Å². The zero-order chi connectivity index (χ0) is 19.5. The molecular formula is C23H25N3O2. The van der Waals surface area contributed by atoms with Crippen molar-refractivity contribution in [2.24, 2.45) is 0 Å². The van der Waals surface area contributed by atoms with Gasteiger partial charge in [-0.3, -0.25) is 14.2 Å². The van der Waals surface area contributed by atoms with E-state index in [1.165, 1.54) is 5.56 Å². The maximum absolute atomic E-state index is 12.8. The fourth-order valence-corrected chi connectivity index (χ4v) is 4.13. The van der Waals surface area contributed by atoms with Crippen LogP contribution in [0.25, 0.3) is 10.9 Å². The van der Waals surface area contributed by atoms with Crippen LogP contribution in [0.15, 0.2) is 59.7 Å². The van der Waals surface area contributed by atoms with Crippen LogP contribution in [-0.2, 0) is 11.3 Å². The highest BCUT2D eigenvalue weighted by Crippen LogP contribution is 2.32. The summed E-state index contributed by atoms with van der Waals surface area (Å²) in [4.78, 5) is 31.9. The van der Waals surface area contributed by atoms with E-state index in [2.05, 4.69) is 17.1 Å². The van der Waals surface area contributed by atoms with E-state index < -0.39 is 0 Å². The Morgan fingerprint density at radius 3 is 2.79 bits per heavy atom. The third-order valence-electron chi connectivity index (χ3n) is 5.60. The molecule has 0 bridgehead atoms. The SMILES string of the molecule is Cc1cccc2c(=O)n(CCCC(=O)N3CCC[C@@H]3c3ccccc3)cnc12. The number of carbonyl (C=O) groups excluding carboxylic acids is 1. The van der Waals surface area contributed by atoms with Gasteiger partial charge in [0.15, 0.2) is 0 Å². The van der Waals surface area contributed by atoms with Crippen molar-refractivity contribution in [1.82, 2.24) is 14.5 Å². The van der Waals surface area contributed by atoms with E-state index in [9.17, 15) is 9.59 Å². The summed E-state index contributed by atoms with van der Waals surface area (Å²) < 4.78 is 1.62. The van der Waals surface area contributed by atoms with Crippen molar-refractivity contribution >= 4 is 16.8 Å². The molecule has 0 spiro atoms. The van der Waals surface area contributed by atoms with Gasteiger partial charge in [-0.05, 0) is 43.4 Å². The van der Waals surface area contributed by atoms with E-state index in [0.29, 0.717) is 24.8 Å². The molecule has 1 atom stereocenters. The van der Waals surface area contributed by atoms with Crippen LogP contribution in [0.4, 0.5) is 0 Å². The van der Waals surface area contributed by atoms with Crippen molar-refractivity contribution in [2.75, 3.05) is 6.54 Å². The standard InChI is InChI=1S/C23H25N3O2/c1-17-8-5-11-19-22(17)24-16-25(23(19)28)14-7-13-21(27)26-15-6-12-20(26)18-9-3-2-4-10-18/h2-5,8-11,16,20H,6-7,12-15H2,1H3/t20-/m1/s1. The molecular weight excluding hydrogens is 350 g/mol. The number of fused-ring (bicyclic) bond motifs is 1. The molecule has 0 radical (unpaired) electrons. The molecule has 1 aromatic heterocycles. The fraction of sp³-hybridized carbons (Fsp3) is 0.348.